The lowest BCUT2D eigenvalue weighted by atomic mass is 10.1. The second-order valence-corrected chi connectivity index (χ2v) is 6.24. The average molecular weight is 387 g/mol. The number of non-ortho nitro benzene ring substituents is 1. The molecular formula is C19H15ClN2O5. The minimum atomic E-state index is -0.577. The fourth-order valence-corrected chi connectivity index (χ4v) is 2.89. The van der Waals surface area contributed by atoms with Gasteiger partial charge in [0.2, 0.25) is 0 Å². The number of aliphatic hydroxyl groups excluding tert-OH is 1. The number of hydrogen-bond acceptors (Lipinski definition) is 5. The van der Waals surface area contributed by atoms with E-state index in [1.807, 2.05) is 6.92 Å². The maximum atomic E-state index is 12.4. The molecule has 27 heavy (non-hydrogen) atoms. The second kappa shape index (κ2) is 7.61. The summed E-state index contributed by atoms with van der Waals surface area (Å²) in [5, 5.41) is 22.6. The minimum absolute atomic E-state index is 0.00200. The molecule has 0 saturated carbocycles. The summed E-state index contributed by atoms with van der Waals surface area (Å²) in [7, 11) is 0. The molecule has 2 N–H and O–H groups in total. The first kappa shape index (κ1) is 18.6. The van der Waals surface area contributed by atoms with Crippen LogP contribution in [0.25, 0.3) is 11.3 Å². The van der Waals surface area contributed by atoms with E-state index in [2.05, 4.69) is 5.32 Å². The van der Waals surface area contributed by atoms with Gasteiger partial charge in [-0.05, 0) is 48.9 Å². The average Bonchev–Trinajstić information content (AvgIpc) is 3.10. The zero-order valence-electron chi connectivity index (χ0n) is 14.2. The Balaban J connectivity index is 1.80. The normalized spacial score (nSPS) is 10.6. The molecule has 2 aromatic carbocycles. The number of nitrogens with zero attached hydrogens (tertiary/aromatic N) is 1. The van der Waals surface area contributed by atoms with E-state index in [1.165, 1.54) is 12.1 Å². The molecule has 0 unspecified atom stereocenters. The number of rotatable bonds is 5. The molecule has 1 heterocycles. The van der Waals surface area contributed by atoms with Gasteiger partial charge >= 0.3 is 0 Å². The molecule has 0 aliphatic rings. The summed E-state index contributed by atoms with van der Waals surface area (Å²) in [6, 6.07) is 12.4. The summed E-state index contributed by atoms with van der Waals surface area (Å²) in [6.45, 7) is 1.69. The van der Waals surface area contributed by atoms with E-state index in [9.17, 15) is 14.9 Å². The number of halogens is 1. The Labute approximate surface area is 159 Å². The fraction of sp³-hybridized carbons (Fsp3) is 0.105. The SMILES string of the molecule is Cc1cc(NC(=O)c2ccc([N+](=O)[O-])cc2Cl)ccc1-c1ccc(CO)o1. The topological polar surface area (TPSA) is 106 Å². The molecule has 138 valence electrons. The summed E-state index contributed by atoms with van der Waals surface area (Å²) >= 11 is 5.99. The van der Waals surface area contributed by atoms with Gasteiger partial charge in [0, 0.05) is 23.4 Å². The van der Waals surface area contributed by atoms with Crippen molar-refractivity contribution < 1.29 is 19.2 Å². The van der Waals surface area contributed by atoms with Gasteiger partial charge < -0.3 is 14.8 Å². The van der Waals surface area contributed by atoms with Crippen LogP contribution in [0.4, 0.5) is 11.4 Å². The van der Waals surface area contributed by atoms with Gasteiger partial charge in [-0.1, -0.05) is 11.6 Å². The number of aliphatic hydroxyl groups is 1. The third kappa shape index (κ3) is 3.99. The van der Waals surface area contributed by atoms with E-state index in [1.54, 1.807) is 30.3 Å². The number of nitro groups is 1. The number of nitrogens with one attached hydrogen (secondary N) is 1. The second-order valence-electron chi connectivity index (χ2n) is 5.83. The number of benzene rings is 2. The number of carbonyl (C=O) groups is 1. The van der Waals surface area contributed by atoms with E-state index in [0.29, 0.717) is 17.2 Å². The molecule has 0 aliphatic heterocycles. The third-order valence-corrected chi connectivity index (χ3v) is 4.29. The lowest BCUT2D eigenvalue weighted by Crippen LogP contribution is -2.12. The van der Waals surface area contributed by atoms with Crippen LogP contribution in [-0.4, -0.2) is 15.9 Å². The van der Waals surface area contributed by atoms with Crippen molar-refractivity contribution in [3.8, 4) is 11.3 Å². The van der Waals surface area contributed by atoms with Crippen LogP contribution in [-0.2, 0) is 6.61 Å². The minimum Gasteiger partial charge on any atom is -0.459 e. The van der Waals surface area contributed by atoms with Crippen molar-refractivity contribution in [2.24, 2.45) is 0 Å². The van der Waals surface area contributed by atoms with Crippen molar-refractivity contribution in [2.75, 3.05) is 5.32 Å². The lowest BCUT2D eigenvalue weighted by Gasteiger charge is -2.09. The maximum absolute atomic E-state index is 12.4. The molecule has 0 atom stereocenters. The van der Waals surface area contributed by atoms with E-state index < -0.39 is 10.8 Å². The van der Waals surface area contributed by atoms with E-state index in [0.717, 1.165) is 17.2 Å². The quantitative estimate of drug-likeness (QED) is 0.493. The molecule has 0 spiro atoms. The predicted molar refractivity (Wildman–Crippen MR) is 101 cm³/mol. The number of furan rings is 1. The number of hydrogen-bond donors (Lipinski definition) is 2. The Morgan fingerprint density at radius 1 is 1.22 bits per heavy atom. The van der Waals surface area contributed by atoms with E-state index in [-0.39, 0.29) is 22.9 Å². The first-order valence-electron chi connectivity index (χ1n) is 7.95. The Morgan fingerprint density at radius 2 is 2.00 bits per heavy atom. The summed E-state index contributed by atoms with van der Waals surface area (Å²) < 4.78 is 5.53. The molecule has 0 radical (unpaired) electrons. The van der Waals surface area contributed by atoms with Gasteiger partial charge in [-0.25, -0.2) is 0 Å². The lowest BCUT2D eigenvalue weighted by molar-refractivity contribution is -0.384. The number of carbonyl (C=O) groups excluding carboxylic acids is 1. The van der Waals surface area contributed by atoms with Gasteiger partial charge in [0.05, 0.1) is 15.5 Å². The van der Waals surface area contributed by atoms with Gasteiger partial charge in [0.15, 0.2) is 0 Å². The summed E-state index contributed by atoms with van der Waals surface area (Å²) in [5.41, 5.74) is 2.20. The molecular weight excluding hydrogens is 372 g/mol. The molecule has 8 heteroatoms. The van der Waals surface area contributed by atoms with Crippen molar-refractivity contribution in [1.29, 1.82) is 0 Å². The maximum Gasteiger partial charge on any atom is 0.270 e. The molecule has 1 aromatic heterocycles. The zero-order chi connectivity index (χ0) is 19.6. The van der Waals surface area contributed by atoms with Crippen molar-refractivity contribution in [1.82, 2.24) is 0 Å². The monoisotopic (exact) mass is 386 g/mol. The van der Waals surface area contributed by atoms with Crippen molar-refractivity contribution in [2.45, 2.75) is 13.5 Å². The van der Waals surface area contributed by atoms with Crippen LogP contribution >= 0.6 is 11.6 Å². The highest BCUT2D eigenvalue weighted by Crippen LogP contribution is 2.29. The first-order valence-corrected chi connectivity index (χ1v) is 8.32. The zero-order valence-corrected chi connectivity index (χ0v) is 15.0. The Bertz CT molecular complexity index is 1030. The van der Waals surface area contributed by atoms with Crippen LogP contribution in [0.1, 0.15) is 21.7 Å². The molecule has 3 rings (SSSR count). The standard InChI is InChI=1S/C19H15ClN2O5/c1-11-8-12(2-5-15(11)18-7-4-14(10-23)27-18)21-19(24)16-6-3-13(22(25)26)9-17(16)20/h2-9,23H,10H2,1H3,(H,21,24). The molecule has 0 saturated heterocycles. The van der Waals surface area contributed by atoms with Gasteiger partial charge in [0.1, 0.15) is 18.1 Å². The number of amides is 1. The van der Waals surface area contributed by atoms with Gasteiger partial charge in [0.25, 0.3) is 11.6 Å². The largest absolute Gasteiger partial charge is 0.459 e. The Hall–Kier alpha value is -3.16. The molecule has 3 aromatic rings. The van der Waals surface area contributed by atoms with Crippen molar-refractivity contribution in [3.05, 3.63) is 80.6 Å². The number of nitro benzene ring substituents is 1. The van der Waals surface area contributed by atoms with E-state index >= 15 is 0 Å². The Morgan fingerprint density at radius 3 is 2.59 bits per heavy atom. The highest BCUT2D eigenvalue weighted by atomic mass is 35.5. The first-order chi connectivity index (χ1) is 12.9. The summed E-state index contributed by atoms with van der Waals surface area (Å²) in [5.74, 6) is 0.616. The van der Waals surface area contributed by atoms with Crippen molar-refractivity contribution in [3.63, 3.8) is 0 Å². The van der Waals surface area contributed by atoms with Crippen LogP contribution in [0.5, 0.6) is 0 Å². The molecule has 0 aliphatic carbocycles. The fourth-order valence-electron chi connectivity index (χ4n) is 2.63. The number of anilines is 1. The highest BCUT2D eigenvalue weighted by molar-refractivity contribution is 6.34. The van der Waals surface area contributed by atoms with Crippen LogP contribution < -0.4 is 5.32 Å². The third-order valence-electron chi connectivity index (χ3n) is 3.98. The van der Waals surface area contributed by atoms with Crippen molar-refractivity contribution >= 4 is 28.9 Å². The summed E-state index contributed by atoms with van der Waals surface area (Å²) in [6.07, 6.45) is 0. The molecule has 1 amide bonds. The number of aryl methyl sites for hydroxylation is 1. The Kier molecular flexibility index (Phi) is 5.25. The van der Waals surface area contributed by atoms with Gasteiger partial charge in [-0.3, -0.25) is 14.9 Å². The van der Waals surface area contributed by atoms with Crippen LogP contribution in [0.3, 0.4) is 0 Å². The van der Waals surface area contributed by atoms with E-state index in [4.69, 9.17) is 21.1 Å². The predicted octanol–water partition coefficient (Wildman–Crippen LogP) is 4.56. The smallest absolute Gasteiger partial charge is 0.270 e. The molecule has 0 fully saturated rings. The highest BCUT2D eigenvalue weighted by Gasteiger charge is 2.16. The van der Waals surface area contributed by atoms with Crippen LogP contribution in [0.15, 0.2) is 52.9 Å². The van der Waals surface area contributed by atoms with Gasteiger partial charge in [-0.15, -0.1) is 0 Å². The summed E-state index contributed by atoms with van der Waals surface area (Å²) in [4.78, 5) is 22.6. The van der Waals surface area contributed by atoms with Crippen LogP contribution in [0.2, 0.25) is 5.02 Å². The molecule has 0 bridgehead atoms. The van der Waals surface area contributed by atoms with Crippen LogP contribution in [0, 0.1) is 17.0 Å². The molecule has 7 nitrogen and oxygen atoms in total. The van der Waals surface area contributed by atoms with Gasteiger partial charge in [-0.2, -0.15) is 0 Å².